The molecule has 6 rings (SSSR count). The summed E-state index contributed by atoms with van der Waals surface area (Å²) in [6.07, 6.45) is 4.16. The first kappa shape index (κ1) is 21.2. The Morgan fingerprint density at radius 1 is 0.571 bits per heavy atom. The number of benzene rings is 4. The highest BCUT2D eigenvalue weighted by Crippen LogP contribution is 2.35. The Hall–Kier alpha value is -4.38. The summed E-state index contributed by atoms with van der Waals surface area (Å²) in [6.45, 7) is 6.70. The molecule has 0 saturated carbocycles. The molecule has 6 aromatic rings. The van der Waals surface area contributed by atoms with Crippen molar-refractivity contribution in [2.75, 3.05) is 4.90 Å². The lowest BCUT2D eigenvalue weighted by Crippen LogP contribution is -2.37. The minimum atomic E-state index is -0.152. The van der Waals surface area contributed by atoms with Crippen molar-refractivity contribution in [2.45, 2.75) is 26.3 Å². The van der Waals surface area contributed by atoms with Gasteiger partial charge in [-0.25, -0.2) is 9.36 Å². The highest BCUT2D eigenvalue weighted by molar-refractivity contribution is 5.79. The van der Waals surface area contributed by atoms with Crippen LogP contribution in [0.15, 0.2) is 109 Å². The van der Waals surface area contributed by atoms with Crippen LogP contribution in [0.4, 0.5) is 11.4 Å². The van der Waals surface area contributed by atoms with E-state index in [2.05, 4.69) is 98.7 Å². The van der Waals surface area contributed by atoms with Crippen molar-refractivity contribution in [3.05, 3.63) is 109 Å². The Kier molecular flexibility index (Phi) is 4.92. The van der Waals surface area contributed by atoms with E-state index in [4.69, 9.17) is 10.2 Å². The molecule has 0 amide bonds. The molecule has 0 aliphatic carbocycles. The summed E-state index contributed by atoms with van der Waals surface area (Å²) in [7, 11) is 0. The third-order valence-corrected chi connectivity index (χ3v) is 6.20. The average molecular weight is 458 g/mol. The van der Waals surface area contributed by atoms with Crippen LogP contribution in [0.2, 0.25) is 0 Å². The minimum absolute atomic E-state index is 0.152. The molecule has 2 heterocycles. The summed E-state index contributed by atoms with van der Waals surface area (Å²) in [6, 6.07) is 33.5. The summed E-state index contributed by atoms with van der Waals surface area (Å²) in [5, 5.41) is 11.8. The van der Waals surface area contributed by atoms with Crippen molar-refractivity contribution in [2.24, 2.45) is 0 Å². The highest BCUT2D eigenvalue weighted by atomic mass is 15.3. The summed E-state index contributed by atoms with van der Waals surface area (Å²) in [4.78, 5) is 2.37. The van der Waals surface area contributed by atoms with Gasteiger partial charge in [0.1, 0.15) is 0 Å². The predicted octanol–water partition coefficient (Wildman–Crippen LogP) is 7.30. The van der Waals surface area contributed by atoms with Gasteiger partial charge in [0, 0.05) is 40.1 Å². The van der Waals surface area contributed by atoms with Crippen molar-refractivity contribution in [3.8, 4) is 11.4 Å². The molecule has 4 aromatic carbocycles. The standard InChI is InChI=1S/C30H27N5/c1-30(2,3)35(26-14-8-12-24(18-26)33-20-22-10-4-6-16-28(22)31-33)27-15-9-13-25(19-27)34-21-23-11-5-7-17-29(23)32-34/h4-21H,1-3H3. The number of aromatic nitrogens is 4. The summed E-state index contributed by atoms with van der Waals surface area (Å²) in [5.41, 5.74) is 6.11. The molecule has 0 N–H and O–H groups in total. The van der Waals surface area contributed by atoms with Gasteiger partial charge in [-0.15, -0.1) is 0 Å². The number of anilines is 2. The van der Waals surface area contributed by atoms with Crippen LogP contribution in [0.25, 0.3) is 33.2 Å². The average Bonchev–Trinajstić information content (AvgIpc) is 3.48. The fourth-order valence-corrected chi connectivity index (χ4v) is 4.67. The van der Waals surface area contributed by atoms with Gasteiger partial charge >= 0.3 is 0 Å². The molecule has 0 saturated heterocycles. The predicted molar refractivity (Wildman–Crippen MR) is 144 cm³/mol. The monoisotopic (exact) mass is 457 g/mol. The Balaban J connectivity index is 1.43. The zero-order valence-electron chi connectivity index (χ0n) is 20.1. The summed E-state index contributed by atoms with van der Waals surface area (Å²) in [5.74, 6) is 0. The lowest BCUT2D eigenvalue weighted by molar-refractivity contribution is 0.560. The van der Waals surface area contributed by atoms with E-state index >= 15 is 0 Å². The van der Waals surface area contributed by atoms with Crippen LogP contribution in [0, 0.1) is 0 Å². The molecule has 172 valence electrons. The molecular formula is C30H27N5. The lowest BCUT2D eigenvalue weighted by Gasteiger charge is -2.38. The smallest absolute Gasteiger partial charge is 0.0927 e. The van der Waals surface area contributed by atoms with Crippen LogP contribution < -0.4 is 4.90 Å². The van der Waals surface area contributed by atoms with Crippen molar-refractivity contribution in [3.63, 3.8) is 0 Å². The van der Waals surface area contributed by atoms with E-state index in [9.17, 15) is 0 Å². The van der Waals surface area contributed by atoms with Crippen LogP contribution in [-0.4, -0.2) is 25.1 Å². The zero-order valence-corrected chi connectivity index (χ0v) is 20.1. The van der Waals surface area contributed by atoms with Crippen molar-refractivity contribution < 1.29 is 0 Å². The van der Waals surface area contributed by atoms with Gasteiger partial charge in [0.25, 0.3) is 0 Å². The Morgan fingerprint density at radius 2 is 1.03 bits per heavy atom. The number of rotatable bonds is 4. The first-order valence-corrected chi connectivity index (χ1v) is 11.9. The Bertz CT molecular complexity index is 1470. The first-order chi connectivity index (χ1) is 17.0. The van der Waals surface area contributed by atoms with E-state index in [0.717, 1.165) is 44.6 Å². The topological polar surface area (TPSA) is 38.9 Å². The fourth-order valence-electron chi connectivity index (χ4n) is 4.67. The second-order valence-electron chi connectivity index (χ2n) is 9.81. The molecule has 35 heavy (non-hydrogen) atoms. The molecule has 0 aliphatic rings. The van der Waals surface area contributed by atoms with Gasteiger partial charge in [0.2, 0.25) is 0 Å². The normalized spacial score (nSPS) is 11.9. The Morgan fingerprint density at radius 3 is 1.46 bits per heavy atom. The molecule has 0 bridgehead atoms. The van der Waals surface area contributed by atoms with Gasteiger partial charge in [0.05, 0.1) is 22.4 Å². The second kappa shape index (κ2) is 8.13. The molecule has 5 heteroatoms. The van der Waals surface area contributed by atoms with E-state index in [1.54, 1.807) is 0 Å². The highest BCUT2D eigenvalue weighted by Gasteiger charge is 2.24. The van der Waals surface area contributed by atoms with Gasteiger partial charge in [-0.3, -0.25) is 0 Å². The molecule has 0 atom stereocenters. The molecule has 0 spiro atoms. The number of fused-ring (bicyclic) bond motifs is 2. The van der Waals surface area contributed by atoms with Crippen LogP contribution in [0.3, 0.4) is 0 Å². The van der Waals surface area contributed by atoms with Crippen LogP contribution in [0.1, 0.15) is 20.8 Å². The van der Waals surface area contributed by atoms with Gasteiger partial charge < -0.3 is 4.90 Å². The van der Waals surface area contributed by atoms with Gasteiger partial charge in [0.15, 0.2) is 0 Å². The molecular weight excluding hydrogens is 430 g/mol. The maximum Gasteiger partial charge on any atom is 0.0927 e. The molecule has 0 unspecified atom stereocenters. The van der Waals surface area contributed by atoms with Gasteiger partial charge in [-0.05, 0) is 69.3 Å². The minimum Gasteiger partial charge on any atom is -0.336 e. The molecule has 0 aliphatic heterocycles. The van der Waals surface area contributed by atoms with Crippen LogP contribution in [-0.2, 0) is 0 Å². The van der Waals surface area contributed by atoms with E-state index < -0.39 is 0 Å². The number of nitrogens with zero attached hydrogens (tertiary/aromatic N) is 5. The zero-order chi connectivity index (χ0) is 24.0. The van der Waals surface area contributed by atoms with E-state index in [1.807, 2.05) is 45.8 Å². The van der Waals surface area contributed by atoms with Gasteiger partial charge in [-0.2, -0.15) is 10.2 Å². The third kappa shape index (κ3) is 3.95. The first-order valence-electron chi connectivity index (χ1n) is 11.9. The van der Waals surface area contributed by atoms with Crippen LogP contribution in [0.5, 0.6) is 0 Å². The maximum atomic E-state index is 4.78. The molecule has 2 aromatic heterocycles. The quantitative estimate of drug-likeness (QED) is 0.279. The molecule has 0 fully saturated rings. The van der Waals surface area contributed by atoms with Gasteiger partial charge in [-0.1, -0.05) is 48.5 Å². The third-order valence-electron chi connectivity index (χ3n) is 6.20. The number of hydrogen-bond donors (Lipinski definition) is 0. The molecule has 5 nitrogen and oxygen atoms in total. The van der Waals surface area contributed by atoms with Crippen molar-refractivity contribution >= 4 is 33.2 Å². The SMILES string of the molecule is CC(C)(C)N(c1cccc(-n2cc3ccccc3n2)c1)c1cccc(-n2cc3ccccc3n2)c1. The summed E-state index contributed by atoms with van der Waals surface area (Å²) >= 11 is 0. The summed E-state index contributed by atoms with van der Waals surface area (Å²) < 4.78 is 3.92. The largest absolute Gasteiger partial charge is 0.336 e. The van der Waals surface area contributed by atoms with Crippen LogP contribution >= 0.6 is 0 Å². The number of hydrogen-bond acceptors (Lipinski definition) is 3. The van der Waals surface area contributed by atoms with E-state index in [-0.39, 0.29) is 5.54 Å². The second-order valence-corrected chi connectivity index (χ2v) is 9.81. The lowest BCUT2D eigenvalue weighted by atomic mass is 10.0. The maximum absolute atomic E-state index is 4.78. The fraction of sp³-hybridized carbons (Fsp3) is 0.133. The van der Waals surface area contributed by atoms with E-state index in [0.29, 0.717) is 0 Å². The van der Waals surface area contributed by atoms with E-state index in [1.165, 1.54) is 0 Å². The van der Waals surface area contributed by atoms with Crippen molar-refractivity contribution in [1.29, 1.82) is 0 Å². The molecule has 0 radical (unpaired) electrons. The Labute approximate surface area is 204 Å². The van der Waals surface area contributed by atoms with Crippen molar-refractivity contribution in [1.82, 2.24) is 19.6 Å².